The molecule has 0 aromatic heterocycles. The van der Waals surface area contributed by atoms with Gasteiger partial charge in [0.05, 0.1) is 6.10 Å². The SMILES string of the molecule is CC(=O)N1CCC(N2CC[C@H](O)[C@@](O)(COc3cc(F)c(F)c(F)c3)C2)CC1. The summed E-state index contributed by atoms with van der Waals surface area (Å²) in [5.41, 5.74) is -1.63. The minimum absolute atomic E-state index is 0.0381. The quantitative estimate of drug-likeness (QED) is 0.743. The van der Waals surface area contributed by atoms with E-state index in [9.17, 15) is 28.2 Å². The van der Waals surface area contributed by atoms with Gasteiger partial charge in [0.15, 0.2) is 17.5 Å². The van der Waals surface area contributed by atoms with E-state index in [0.29, 0.717) is 38.2 Å². The van der Waals surface area contributed by atoms with Crippen molar-refractivity contribution in [3.8, 4) is 5.75 Å². The van der Waals surface area contributed by atoms with Gasteiger partial charge in [0.1, 0.15) is 18.0 Å². The van der Waals surface area contributed by atoms with Crippen molar-refractivity contribution in [2.45, 2.75) is 43.9 Å². The van der Waals surface area contributed by atoms with Crippen LogP contribution in [-0.4, -0.2) is 76.5 Å². The number of nitrogens with zero attached hydrogens (tertiary/aromatic N) is 2. The van der Waals surface area contributed by atoms with Crippen LogP contribution >= 0.6 is 0 Å². The molecule has 2 aliphatic rings. The summed E-state index contributed by atoms with van der Waals surface area (Å²) >= 11 is 0. The molecule has 2 fully saturated rings. The molecule has 2 saturated heterocycles. The summed E-state index contributed by atoms with van der Waals surface area (Å²) in [4.78, 5) is 15.3. The number of amides is 1. The van der Waals surface area contributed by atoms with Gasteiger partial charge in [0.25, 0.3) is 0 Å². The number of halogens is 3. The molecule has 2 N–H and O–H groups in total. The number of hydrogen-bond acceptors (Lipinski definition) is 5. The first-order valence-corrected chi connectivity index (χ1v) is 9.37. The molecule has 0 aliphatic carbocycles. The molecule has 0 unspecified atom stereocenters. The molecule has 2 aliphatic heterocycles. The normalized spacial score (nSPS) is 27.1. The maximum atomic E-state index is 13.3. The van der Waals surface area contributed by atoms with E-state index in [1.165, 1.54) is 6.92 Å². The van der Waals surface area contributed by atoms with Gasteiger partial charge in [-0.15, -0.1) is 0 Å². The number of β-amino-alcohol motifs (C(OH)–C–C–N with tert-alkyl or cyclic N) is 1. The van der Waals surface area contributed by atoms with Gasteiger partial charge in [-0.25, -0.2) is 13.2 Å². The monoisotopic (exact) mass is 402 g/mol. The second-order valence-electron chi connectivity index (χ2n) is 7.61. The van der Waals surface area contributed by atoms with Gasteiger partial charge in [-0.05, 0) is 19.3 Å². The molecule has 1 aromatic rings. The van der Waals surface area contributed by atoms with E-state index in [4.69, 9.17) is 4.74 Å². The largest absolute Gasteiger partial charge is 0.490 e. The van der Waals surface area contributed by atoms with Crippen molar-refractivity contribution in [2.75, 3.05) is 32.8 Å². The molecule has 2 heterocycles. The van der Waals surface area contributed by atoms with Gasteiger partial charge in [-0.2, -0.15) is 0 Å². The van der Waals surface area contributed by atoms with Crippen molar-refractivity contribution < 1.29 is 32.9 Å². The number of ether oxygens (including phenoxy) is 1. The summed E-state index contributed by atoms with van der Waals surface area (Å²) in [6, 6.07) is 1.56. The highest BCUT2D eigenvalue weighted by Gasteiger charge is 2.44. The molecule has 0 spiro atoms. The molecular weight excluding hydrogens is 377 g/mol. The topological polar surface area (TPSA) is 73.2 Å². The van der Waals surface area contributed by atoms with Crippen molar-refractivity contribution >= 4 is 5.91 Å². The molecule has 0 radical (unpaired) electrons. The molecule has 1 aromatic carbocycles. The van der Waals surface area contributed by atoms with E-state index in [1.54, 1.807) is 4.90 Å². The van der Waals surface area contributed by atoms with Gasteiger partial charge in [-0.3, -0.25) is 9.69 Å². The fraction of sp³-hybridized carbons (Fsp3) is 0.632. The molecule has 2 atom stereocenters. The van der Waals surface area contributed by atoms with Crippen LogP contribution in [0.25, 0.3) is 0 Å². The van der Waals surface area contributed by atoms with Crippen LogP contribution in [-0.2, 0) is 4.79 Å². The second-order valence-corrected chi connectivity index (χ2v) is 7.61. The van der Waals surface area contributed by atoms with Crippen molar-refractivity contribution in [3.63, 3.8) is 0 Å². The van der Waals surface area contributed by atoms with Gasteiger partial charge in [0, 0.05) is 51.3 Å². The Bertz CT molecular complexity index is 704. The Kier molecular flexibility index (Phi) is 6.16. The Hall–Kier alpha value is -1.84. The summed E-state index contributed by atoms with van der Waals surface area (Å²) in [5, 5.41) is 21.2. The van der Waals surface area contributed by atoms with Gasteiger partial charge >= 0.3 is 0 Å². The van der Waals surface area contributed by atoms with Crippen LogP contribution in [0.4, 0.5) is 13.2 Å². The molecule has 0 saturated carbocycles. The van der Waals surface area contributed by atoms with Crippen LogP contribution in [0.15, 0.2) is 12.1 Å². The van der Waals surface area contributed by atoms with E-state index < -0.39 is 29.2 Å². The van der Waals surface area contributed by atoms with Crippen molar-refractivity contribution in [1.82, 2.24) is 9.80 Å². The van der Waals surface area contributed by atoms with Crippen LogP contribution in [0, 0.1) is 17.5 Å². The second kappa shape index (κ2) is 8.26. The predicted molar refractivity (Wildman–Crippen MR) is 94.2 cm³/mol. The third-order valence-electron chi connectivity index (χ3n) is 5.66. The van der Waals surface area contributed by atoms with Crippen molar-refractivity contribution in [2.24, 2.45) is 0 Å². The number of carbonyl (C=O) groups excluding carboxylic acids is 1. The molecule has 3 rings (SSSR count). The number of piperidine rings is 2. The number of benzene rings is 1. The standard InChI is InChI=1S/C19H25F3N2O4/c1-12(25)23-5-2-13(3-6-23)24-7-4-17(26)19(27,10-24)11-28-14-8-15(20)18(22)16(21)9-14/h8-9,13,17,26-27H,2-7,10-11H2,1H3/t17-,19-/m0/s1. The van der Waals surface area contributed by atoms with Crippen LogP contribution in [0.2, 0.25) is 0 Å². The number of rotatable bonds is 4. The molecule has 156 valence electrons. The van der Waals surface area contributed by atoms with Gasteiger partial charge < -0.3 is 19.8 Å². The fourth-order valence-electron chi connectivity index (χ4n) is 3.92. The zero-order chi connectivity index (χ0) is 20.5. The fourth-order valence-corrected chi connectivity index (χ4v) is 3.92. The Balaban J connectivity index is 1.62. The number of hydrogen-bond donors (Lipinski definition) is 2. The number of likely N-dealkylation sites (tertiary alicyclic amines) is 2. The number of aliphatic hydroxyl groups excluding tert-OH is 1. The smallest absolute Gasteiger partial charge is 0.219 e. The summed E-state index contributed by atoms with van der Waals surface area (Å²) in [7, 11) is 0. The minimum atomic E-state index is -1.63. The first-order valence-electron chi connectivity index (χ1n) is 9.37. The zero-order valence-electron chi connectivity index (χ0n) is 15.7. The van der Waals surface area contributed by atoms with Crippen molar-refractivity contribution in [1.29, 1.82) is 0 Å². The van der Waals surface area contributed by atoms with E-state index in [1.807, 2.05) is 0 Å². The first-order chi connectivity index (χ1) is 13.2. The summed E-state index contributed by atoms with van der Waals surface area (Å²) in [5.74, 6) is -4.58. The van der Waals surface area contributed by atoms with Crippen LogP contribution in [0.1, 0.15) is 26.2 Å². The lowest BCUT2D eigenvalue weighted by Crippen LogP contribution is -2.62. The van der Waals surface area contributed by atoms with E-state index >= 15 is 0 Å². The Morgan fingerprint density at radius 2 is 1.79 bits per heavy atom. The Labute approximate surface area is 161 Å². The first kappa shape index (κ1) is 20.9. The average molecular weight is 402 g/mol. The highest BCUT2D eigenvalue weighted by Crippen LogP contribution is 2.28. The summed E-state index contributed by atoms with van der Waals surface area (Å²) in [6.45, 7) is 3.15. The maximum Gasteiger partial charge on any atom is 0.219 e. The predicted octanol–water partition coefficient (Wildman–Crippen LogP) is 1.29. The molecule has 28 heavy (non-hydrogen) atoms. The van der Waals surface area contributed by atoms with E-state index in [2.05, 4.69) is 4.90 Å². The van der Waals surface area contributed by atoms with Crippen LogP contribution < -0.4 is 4.74 Å². The Morgan fingerprint density at radius 3 is 2.36 bits per heavy atom. The molecule has 6 nitrogen and oxygen atoms in total. The lowest BCUT2D eigenvalue weighted by molar-refractivity contribution is -0.149. The molecule has 0 bridgehead atoms. The van der Waals surface area contributed by atoms with Gasteiger partial charge in [-0.1, -0.05) is 0 Å². The van der Waals surface area contributed by atoms with Gasteiger partial charge in [0.2, 0.25) is 5.91 Å². The average Bonchev–Trinajstić information content (AvgIpc) is 2.67. The Morgan fingerprint density at radius 1 is 1.18 bits per heavy atom. The summed E-state index contributed by atoms with van der Waals surface area (Å²) < 4.78 is 45.0. The van der Waals surface area contributed by atoms with E-state index in [0.717, 1.165) is 12.8 Å². The van der Waals surface area contributed by atoms with E-state index in [-0.39, 0.29) is 30.9 Å². The summed E-state index contributed by atoms with van der Waals surface area (Å²) in [6.07, 6.45) is 0.789. The molecule has 1 amide bonds. The molecule has 9 heteroatoms. The highest BCUT2D eigenvalue weighted by molar-refractivity contribution is 5.73. The van der Waals surface area contributed by atoms with Crippen LogP contribution in [0.5, 0.6) is 5.75 Å². The molecular formula is C19H25F3N2O4. The zero-order valence-corrected chi connectivity index (χ0v) is 15.7. The lowest BCUT2D eigenvalue weighted by Gasteiger charge is -2.47. The minimum Gasteiger partial charge on any atom is -0.490 e. The lowest BCUT2D eigenvalue weighted by atomic mass is 9.88. The number of aliphatic hydroxyl groups is 2. The third-order valence-corrected chi connectivity index (χ3v) is 5.66. The maximum absolute atomic E-state index is 13.3. The number of carbonyl (C=O) groups is 1. The highest BCUT2D eigenvalue weighted by atomic mass is 19.2. The van der Waals surface area contributed by atoms with Crippen molar-refractivity contribution in [3.05, 3.63) is 29.6 Å². The van der Waals surface area contributed by atoms with Crippen LogP contribution in [0.3, 0.4) is 0 Å². The third kappa shape index (κ3) is 4.42.